The summed E-state index contributed by atoms with van der Waals surface area (Å²) in [5, 5.41) is 1.49. The lowest BCUT2D eigenvalue weighted by Gasteiger charge is -2.39. The summed E-state index contributed by atoms with van der Waals surface area (Å²) in [6.45, 7) is 3.95. The van der Waals surface area contributed by atoms with Gasteiger partial charge in [-0.2, -0.15) is 0 Å². The number of aryl methyl sites for hydroxylation is 2. The molecule has 2 amide bonds. The topological polar surface area (TPSA) is 49.4 Å². The van der Waals surface area contributed by atoms with E-state index in [1.807, 2.05) is 32.0 Å². The van der Waals surface area contributed by atoms with Crippen LogP contribution < -0.4 is 10.4 Å². The lowest BCUT2D eigenvalue weighted by molar-refractivity contribution is -0.140. The Morgan fingerprint density at radius 1 is 1.15 bits per heavy atom. The highest BCUT2D eigenvalue weighted by atomic mass is 16.2. The summed E-state index contributed by atoms with van der Waals surface area (Å²) in [6, 6.07) is 5.96. The minimum absolute atomic E-state index is 0.0487. The number of hydrogen-bond acceptors (Lipinski definition) is 2. The molecule has 1 spiro atoms. The van der Waals surface area contributed by atoms with Crippen LogP contribution in [0, 0.1) is 19.3 Å². The van der Waals surface area contributed by atoms with Crippen LogP contribution in [-0.4, -0.2) is 11.8 Å². The first-order chi connectivity index (χ1) is 9.52. The number of hydrazine groups is 1. The van der Waals surface area contributed by atoms with E-state index < -0.39 is 5.41 Å². The lowest BCUT2D eigenvalue weighted by atomic mass is 9.80. The summed E-state index contributed by atoms with van der Waals surface area (Å²) in [4.78, 5) is 24.9. The molecule has 1 aromatic carbocycles. The maximum absolute atomic E-state index is 12.9. The molecular formula is C16H20N2O2. The van der Waals surface area contributed by atoms with Gasteiger partial charge in [0, 0.05) is 6.42 Å². The average Bonchev–Trinajstić information content (AvgIpc) is 2.86. The Labute approximate surface area is 119 Å². The minimum atomic E-state index is -0.460. The van der Waals surface area contributed by atoms with Crippen molar-refractivity contribution < 1.29 is 9.59 Å². The number of anilines is 1. The maximum Gasteiger partial charge on any atom is 0.252 e. The van der Waals surface area contributed by atoms with Gasteiger partial charge in [0.05, 0.1) is 11.1 Å². The molecule has 1 aliphatic carbocycles. The molecule has 1 N–H and O–H groups in total. The Morgan fingerprint density at radius 3 is 2.55 bits per heavy atom. The molecule has 1 saturated carbocycles. The first-order valence-electron chi connectivity index (χ1n) is 7.23. The second-order valence-electron chi connectivity index (χ2n) is 6.13. The number of amides is 2. The Kier molecular flexibility index (Phi) is 3.04. The lowest BCUT2D eigenvalue weighted by Crippen LogP contribution is -2.59. The van der Waals surface area contributed by atoms with E-state index >= 15 is 0 Å². The van der Waals surface area contributed by atoms with E-state index in [4.69, 9.17) is 0 Å². The van der Waals surface area contributed by atoms with Crippen LogP contribution in [0.5, 0.6) is 0 Å². The molecular weight excluding hydrogens is 252 g/mol. The van der Waals surface area contributed by atoms with Crippen molar-refractivity contribution in [3.05, 3.63) is 29.3 Å². The van der Waals surface area contributed by atoms with E-state index in [0.717, 1.165) is 42.5 Å². The zero-order valence-corrected chi connectivity index (χ0v) is 12.0. The predicted molar refractivity (Wildman–Crippen MR) is 77.1 cm³/mol. The third kappa shape index (κ3) is 1.99. The summed E-state index contributed by atoms with van der Waals surface area (Å²) in [5.41, 5.74) is 5.17. The van der Waals surface area contributed by atoms with Crippen LogP contribution >= 0.6 is 0 Å². The number of carbonyl (C=O) groups excluding carboxylic acids is 2. The van der Waals surface area contributed by atoms with E-state index in [2.05, 4.69) is 5.43 Å². The van der Waals surface area contributed by atoms with Gasteiger partial charge in [0.15, 0.2) is 0 Å². The molecule has 1 aromatic rings. The van der Waals surface area contributed by atoms with E-state index in [0.29, 0.717) is 6.42 Å². The van der Waals surface area contributed by atoms with Crippen molar-refractivity contribution in [2.75, 3.05) is 5.01 Å². The van der Waals surface area contributed by atoms with Gasteiger partial charge < -0.3 is 0 Å². The first-order valence-corrected chi connectivity index (χ1v) is 7.23. The summed E-state index contributed by atoms with van der Waals surface area (Å²) >= 11 is 0. The number of rotatable bonds is 1. The quantitative estimate of drug-likeness (QED) is 0.854. The van der Waals surface area contributed by atoms with Gasteiger partial charge in [-0.1, -0.05) is 25.0 Å². The van der Waals surface area contributed by atoms with Gasteiger partial charge in [-0.3, -0.25) is 15.0 Å². The normalized spacial score (nSPS) is 21.4. The Hall–Kier alpha value is -1.84. The molecule has 2 aliphatic rings. The summed E-state index contributed by atoms with van der Waals surface area (Å²) in [5.74, 6) is 0.00991. The third-order valence-corrected chi connectivity index (χ3v) is 4.56. The number of nitrogens with one attached hydrogen (secondary N) is 1. The molecule has 2 fully saturated rings. The molecule has 3 rings (SSSR count). The fourth-order valence-electron chi connectivity index (χ4n) is 3.41. The van der Waals surface area contributed by atoms with E-state index in [1.54, 1.807) is 0 Å². The molecule has 0 aromatic heterocycles. The molecule has 4 nitrogen and oxygen atoms in total. The zero-order valence-electron chi connectivity index (χ0n) is 12.0. The molecule has 20 heavy (non-hydrogen) atoms. The number of nitrogens with zero attached hydrogens (tertiary/aromatic N) is 1. The average molecular weight is 272 g/mol. The van der Waals surface area contributed by atoms with Crippen molar-refractivity contribution in [1.82, 2.24) is 5.43 Å². The van der Waals surface area contributed by atoms with E-state index in [1.165, 1.54) is 5.01 Å². The predicted octanol–water partition coefficient (Wildman–Crippen LogP) is 2.63. The zero-order chi connectivity index (χ0) is 14.3. The van der Waals surface area contributed by atoms with Crippen LogP contribution in [0.4, 0.5) is 5.69 Å². The third-order valence-electron chi connectivity index (χ3n) is 4.56. The van der Waals surface area contributed by atoms with Crippen molar-refractivity contribution in [2.24, 2.45) is 5.41 Å². The first kappa shape index (κ1) is 13.2. The van der Waals surface area contributed by atoms with Crippen molar-refractivity contribution in [1.29, 1.82) is 0 Å². The van der Waals surface area contributed by atoms with Gasteiger partial charge in [0.25, 0.3) is 5.91 Å². The second-order valence-corrected chi connectivity index (χ2v) is 6.13. The summed E-state index contributed by atoms with van der Waals surface area (Å²) in [7, 11) is 0. The van der Waals surface area contributed by atoms with Crippen LogP contribution in [0.1, 0.15) is 43.2 Å². The highest BCUT2D eigenvalue weighted by Crippen LogP contribution is 2.45. The van der Waals surface area contributed by atoms with Crippen molar-refractivity contribution in [2.45, 2.75) is 46.0 Å². The fourth-order valence-corrected chi connectivity index (χ4v) is 3.41. The second kappa shape index (κ2) is 4.62. The van der Waals surface area contributed by atoms with Crippen LogP contribution in [0.25, 0.3) is 0 Å². The monoisotopic (exact) mass is 272 g/mol. The number of benzene rings is 1. The van der Waals surface area contributed by atoms with Gasteiger partial charge in [-0.15, -0.1) is 0 Å². The number of hydrogen-bond donors (Lipinski definition) is 1. The van der Waals surface area contributed by atoms with Crippen molar-refractivity contribution in [3.63, 3.8) is 0 Å². The van der Waals surface area contributed by atoms with Crippen LogP contribution in [-0.2, 0) is 9.59 Å². The standard InChI is InChI=1S/C16H20N2O2/c1-11-5-6-12(2)13(9-11)18-15(20)16(7-3-4-8-16)10-14(19)17-18/h5-6,9H,3-4,7-8,10H2,1-2H3,(H,17,19). The van der Waals surface area contributed by atoms with E-state index in [9.17, 15) is 9.59 Å². The molecule has 106 valence electrons. The Morgan fingerprint density at radius 2 is 1.85 bits per heavy atom. The van der Waals surface area contributed by atoms with E-state index in [-0.39, 0.29) is 11.8 Å². The largest absolute Gasteiger partial charge is 0.273 e. The SMILES string of the molecule is Cc1ccc(C)c(N2NC(=O)CC3(CCCC3)C2=O)c1. The smallest absolute Gasteiger partial charge is 0.252 e. The number of carbonyl (C=O) groups is 2. The minimum Gasteiger partial charge on any atom is -0.273 e. The van der Waals surface area contributed by atoms with Gasteiger partial charge in [0.1, 0.15) is 0 Å². The van der Waals surface area contributed by atoms with Crippen LogP contribution in [0.2, 0.25) is 0 Å². The highest BCUT2D eigenvalue weighted by molar-refractivity contribution is 6.05. The molecule has 1 saturated heterocycles. The van der Waals surface area contributed by atoms with Crippen LogP contribution in [0.3, 0.4) is 0 Å². The highest BCUT2D eigenvalue weighted by Gasteiger charge is 2.49. The fraction of sp³-hybridized carbons (Fsp3) is 0.500. The molecule has 0 atom stereocenters. The molecule has 1 aliphatic heterocycles. The molecule has 1 heterocycles. The Bertz CT molecular complexity index is 574. The van der Waals surface area contributed by atoms with Gasteiger partial charge in [-0.25, -0.2) is 5.01 Å². The van der Waals surface area contributed by atoms with Crippen molar-refractivity contribution >= 4 is 17.5 Å². The Balaban J connectivity index is 2.02. The summed E-state index contributed by atoms with van der Waals surface area (Å²) < 4.78 is 0. The van der Waals surface area contributed by atoms with Crippen LogP contribution in [0.15, 0.2) is 18.2 Å². The van der Waals surface area contributed by atoms with Gasteiger partial charge in [0.2, 0.25) is 5.91 Å². The molecule has 0 bridgehead atoms. The maximum atomic E-state index is 12.9. The van der Waals surface area contributed by atoms with Crippen molar-refractivity contribution in [3.8, 4) is 0 Å². The van der Waals surface area contributed by atoms with Gasteiger partial charge >= 0.3 is 0 Å². The summed E-state index contributed by atoms with van der Waals surface area (Å²) in [6.07, 6.45) is 4.09. The molecule has 0 radical (unpaired) electrons. The molecule has 4 heteroatoms. The molecule has 0 unspecified atom stereocenters. The van der Waals surface area contributed by atoms with Gasteiger partial charge in [-0.05, 0) is 43.9 Å².